The van der Waals surface area contributed by atoms with Gasteiger partial charge in [0, 0.05) is 18.4 Å². The fourth-order valence-corrected chi connectivity index (χ4v) is 1.71. The number of benzene rings is 1. The molecule has 0 spiro atoms. The van der Waals surface area contributed by atoms with E-state index >= 15 is 0 Å². The summed E-state index contributed by atoms with van der Waals surface area (Å²) in [5, 5.41) is 2.94. The lowest BCUT2D eigenvalue weighted by Gasteiger charge is -2.07. The number of halogens is 2. The van der Waals surface area contributed by atoms with Gasteiger partial charge in [-0.05, 0) is 17.7 Å². The Morgan fingerprint density at radius 3 is 2.76 bits per heavy atom. The van der Waals surface area contributed by atoms with Crippen LogP contribution in [-0.4, -0.2) is 22.5 Å². The molecule has 0 saturated heterocycles. The monoisotopic (exact) mass is 309 g/mol. The second-order valence-corrected chi connectivity index (χ2v) is 4.69. The normalized spacial score (nSPS) is 10.2. The molecule has 0 saturated carbocycles. The predicted molar refractivity (Wildman–Crippen MR) is 76.9 cm³/mol. The molecule has 0 radical (unpaired) electrons. The van der Waals surface area contributed by atoms with Gasteiger partial charge in [-0.3, -0.25) is 4.79 Å². The van der Waals surface area contributed by atoms with Crippen molar-refractivity contribution in [3.8, 4) is 6.01 Å². The van der Waals surface area contributed by atoms with E-state index in [2.05, 4.69) is 15.3 Å². The van der Waals surface area contributed by atoms with Gasteiger partial charge in [-0.25, -0.2) is 9.37 Å². The second-order valence-electron chi connectivity index (χ2n) is 4.26. The predicted octanol–water partition coefficient (Wildman–Crippen LogP) is 2.85. The van der Waals surface area contributed by atoms with E-state index < -0.39 is 11.7 Å². The van der Waals surface area contributed by atoms with Crippen molar-refractivity contribution in [3.63, 3.8) is 0 Å². The first kappa shape index (κ1) is 15.2. The van der Waals surface area contributed by atoms with Crippen LogP contribution in [0.2, 0.25) is 5.02 Å². The summed E-state index contributed by atoms with van der Waals surface area (Å²) in [7, 11) is 0. The molecule has 0 aliphatic heterocycles. The van der Waals surface area contributed by atoms with E-state index in [-0.39, 0.29) is 11.8 Å². The third-order valence-electron chi connectivity index (χ3n) is 2.55. The average molecular weight is 310 g/mol. The van der Waals surface area contributed by atoms with E-state index in [1.165, 1.54) is 6.92 Å². The molecule has 0 fully saturated rings. The number of amides is 1. The van der Waals surface area contributed by atoms with E-state index in [4.69, 9.17) is 16.3 Å². The Hall–Kier alpha value is -2.21. The van der Waals surface area contributed by atoms with Crippen LogP contribution in [0.5, 0.6) is 6.01 Å². The summed E-state index contributed by atoms with van der Waals surface area (Å²) < 4.78 is 18.7. The highest BCUT2D eigenvalue weighted by atomic mass is 35.5. The number of rotatable bonds is 5. The van der Waals surface area contributed by atoms with Gasteiger partial charge in [-0.2, -0.15) is 4.98 Å². The Morgan fingerprint density at radius 2 is 2.10 bits per heavy atom. The molecule has 7 heteroatoms. The molecule has 2 rings (SSSR count). The standard InChI is InChI=1S/C14H13ClFN3O2/c1-9(20)18-13-12(16)8-17-14(19-13)21-7-6-10-2-4-11(15)5-3-10/h2-5,8H,6-7H2,1H3,(H,17,18,19,20). The first-order valence-electron chi connectivity index (χ1n) is 6.22. The van der Waals surface area contributed by atoms with Gasteiger partial charge in [0.1, 0.15) is 0 Å². The lowest BCUT2D eigenvalue weighted by molar-refractivity contribution is -0.114. The van der Waals surface area contributed by atoms with Crippen LogP contribution in [0.3, 0.4) is 0 Å². The molecular formula is C14H13ClFN3O2. The number of hydrogen-bond acceptors (Lipinski definition) is 4. The van der Waals surface area contributed by atoms with Crippen molar-refractivity contribution in [2.24, 2.45) is 0 Å². The van der Waals surface area contributed by atoms with Crippen LogP contribution in [0.15, 0.2) is 30.5 Å². The summed E-state index contributed by atoms with van der Waals surface area (Å²) in [6, 6.07) is 7.37. The van der Waals surface area contributed by atoms with E-state index in [1.807, 2.05) is 12.1 Å². The molecule has 1 N–H and O–H groups in total. The molecule has 2 aromatic rings. The minimum atomic E-state index is -0.713. The largest absolute Gasteiger partial charge is 0.463 e. The Labute approximate surface area is 126 Å². The van der Waals surface area contributed by atoms with Crippen LogP contribution in [0.25, 0.3) is 0 Å². The second kappa shape index (κ2) is 6.99. The number of anilines is 1. The lowest BCUT2D eigenvalue weighted by atomic mass is 10.2. The van der Waals surface area contributed by atoms with Crippen LogP contribution < -0.4 is 10.1 Å². The fourth-order valence-electron chi connectivity index (χ4n) is 1.59. The average Bonchev–Trinajstić information content (AvgIpc) is 2.44. The van der Waals surface area contributed by atoms with Crippen molar-refractivity contribution in [2.75, 3.05) is 11.9 Å². The Balaban J connectivity index is 1.93. The third kappa shape index (κ3) is 4.68. The van der Waals surface area contributed by atoms with Crippen LogP contribution in [0.1, 0.15) is 12.5 Å². The molecule has 0 aliphatic carbocycles. The maximum absolute atomic E-state index is 13.3. The van der Waals surface area contributed by atoms with Gasteiger partial charge >= 0.3 is 6.01 Å². The lowest BCUT2D eigenvalue weighted by Crippen LogP contribution is -2.11. The molecule has 1 aromatic carbocycles. The molecule has 0 unspecified atom stereocenters. The summed E-state index contributed by atoms with van der Waals surface area (Å²) in [5.74, 6) is -1.33. The number of aromatic nitrogens is 2. The quantitative estimate of drug-likeness (QED) is 0.922. The summed E-state index contributed by atoms with van der Waals surface area (Å²) in [6.45, 7) is 1.59. The Morgan fingerprint density at radius 1 is 1.38 bits per heavy atom. The maximum Gasteiger partial charge on any atom is 0.318 e. The highest BCUT2D eigenvalue weighted by Gasteiger charge is 2.09. The van der Waals surface area contributed by atoms with Crippen LogP contribution in [-0.2, 0) is 11.2 Å². The number of carbonyl (C=O) groups is 1. The van der Waals surface area contributed by atoms with Gasteiger partial charge in [0.25, 0.3) is 0 Å². The van der Waals surface area contributed by atoms with Gasteiger partial charge in [-0.1, -0.05) is 23.7 Å². The minimum absolute atomic E-state index is 0.00844. The van der Waals surface area contributed by atoms with Crippen LogP contribution in [0.4, 0.5) is 10.2 Å². The summed E-state index contributed by atoms with van der Waals surface area (Å²) in [4.78, 5) is 18.4. The molecule has 21 heavy (non-hydrogen) atoms. The highest BCUT2D eigenvalue weighted by molar-refractivity contribution is 6.30. The van der Waals surface area contributed by atoms with E-state index in [9.17, 15) is 9.18 Å². The van der Waals surface area contributed by atoms with Gasteiger partial charge < -0.3 is 10.1 Å². The smallest absolute Gasteiger partial charge is 0.318 e. The number of carbonyl (C=O) groups excluding carboxylic acids is 1. The van der Waals surface area contributed by atoms with Crippen LogP contribution in [0, 0.1) is 5.82 Å². The number of ether oxygens (including phenoxy) is 1. The van der Waals surface area contributed by atoms with Crippen molar-refractivity contribution >= 4 is 23.3 Å². The molecule has 1 amide bonds. The van der Waals surface area contributed by atoms with Crippen molar-refractivity contribution in [1.29, 1.82) is 0 Å². The zero-order valence-corrected chi connectivity index (χ0v) is 12.0. The van der Waals surface area contributed by atoms with E-state index in [0.29, 0.717) is 18.1 Å². The van der Waals surface area contributed by atoms with Gasteiger partial charge in [0.05, 0.1) is 12.8 Å². The van der Waals surface area contributed by atoms with Gasteiger partial charge in [-0.15, -0.1) is 0 Å². The molecule has 1 heterocycles. The van der Waals surface area contributed by atoms with Gasteiger partial charge in [0.15, 0.2) is 11.6 Å². The fraction of sp³-hybridized carbons (Fsp3) is 0.214. The topological polar surface area (TPSA) is 64.1 Å². The summed E-state index contributed by atoms with van der Waals surface area (Å²) in [5.41, 5.74) is 1.04. The highest BCUT2D eigenvalue weighted by Crippen LogP contribution is 2.14. The number of hydrogen-bond donors (Lipinski definition) is 1. The van der Waals surface area contributed by atoms with Crippen molar-refractivity contribution in [3.05, 3.63) is 46.9 Å². The van der Waals surface area contributed by atoms with Gasteiger partial charge in [0.2, 0.25) is 5.91 Å². The van der Waals surface area contributed by atoms with Crippen LogP contribution >= 0.6 is 11.6 Å². The SMILES string of the molecule is CC(=O)Nc1nc(OCCc2ccc(Cl)cc2)ncc1F. The molecule has 110 valence electrons. The Kier molecular flexibility index (Phi) is 5.05. The molecule has 0 bridgehead atoms. The van der Waals surface area contributed by atoms with E-state index in [1.54, 1.807) is 12.1 Å². The number of nitrogens with zero attached hydrogens (tertiary/aromatic N) is 2. The summed E-state index contributed by atoms with van der Waals surface area (Å²) in [6.07, 6.45) is 1.59. The first-order valence-corrected chi connectivity index (χ1v) is 6.60. The van der Waals surface area contributed by atoms with Crippen molar-refractivity contribution in [2.45, 2.75) is 13.3 Å². The van der Waals surface area contributed by atoms with Crippen molar-refractivity contribution in [1.82, 2.24) is 9.97 Å². The molecule has 1 aromatic heterocycles. The van der Waals surface area contributed by atoms with E-state index in [0.717, 1.165) is 11.8 Å². The maximum atomic E-state index is 13.3. The zero-order valence-electron chi connectivity index (χ0n) is 11.3. The molecule has 0 aliphatic rings. The summed E-state index contributed by atoms with van der Waals surface area (Å²) >= 11 is 5.79. The molecule has 5 nitrogen and oxygen atoms in total. The minimum Gasteiger partial charge on any atom is -0.463 e. The molecule has 0 atom stereocenters. The number of nitrogens with one attached hydrogen (secondary N) is 1. The zero-order chi connectivity index (χ0) is 15.2. The first-order chi connectivity index (χ1) is 10.0. The third-order valence-corrected chi connectivity index (χ3v) is 2.80. The molecular weight excluding hydrogens is 297 g/mol. The van der Waals surface area contributed by atoms with Crippen molar-refractivity contribution < 1.29 is 13.9 Å². The Bertz CT molecular complexity index is 635.